The Labute approximate surface area is 163 Å². The summed E-state index contributed by atoms with van der Waals surface area (Å²) in [5.41, 5.74) is 2.26. The molecule has 0 spiro atoms. The van der Waals surface area contributed by atoms with Crippen molar-refractivity contribution in [2.75, 3.05) is 22.9 Å². The highest BCUT2D eigenvalue weighted by molar-refractivity contribution is 7.92. The molecule has 6 nitrogen and oxygen atoms in total. The Morgan fingerprint density at radius 2 is 1.96 bits per heavy atom. The topological polar surface area (TPSA) is 79.4 Å². The molecule has 1 N–H and O–H groups in total. The SMILES string of the molecule is CN(c1ccc(-c2csc(NC(=O)C3CC4CCC3C4)n2)cc1)S(C)(=O)=O. The predicted molar refractivity (Wildman–Crippen MR) is 108 cm³/mol. The number of carbonyl (C=O) groups excluding carboxylic acids is 1. The number of rotatable bonds is 5. The van der Waals surface area contributed by atoms with Crippen LogP contribution in [0.1, 0.15) is 25.7 Å². The van der Waals surface area contributed by atoms with Gasteiger partial charge in [-0.25, -0.2) is 13.4 Å². The fourth-order valence-corrected chi connectivity index (χ4v) is 5.49. The van der Waals surface area contributed by atoms with E-state index in [2.05, 4.69) is 10.3 Å². The number of amides is 1. The molecule has 2 aliphatic carbocycles. The summed E-state index contributed by atoms with van der Waals surface area (Å²) >= 11 is 1.42. The molecule has 2 aromatic rings. The lowest BCUT2D eigenvalue weighted by molar-refractivity contribution is -0.121. The molecule has 27 heavy (non-hydrogen) atoms. The van der Waals surface area contributed by atoms with E-state index in [4.69, 9.17) is 0 Å². The second kappa shape index (κ2) is 6.91. The molecule has 4 rings (SSSR count). The molecule has 0 saturated heterocycles. The van der Waals surface area contributed by atoms with Crippen molar-refractivity contribution in [1.29, 1.82) is 0 Å². The summed E-state index contributed by atoms with van der Waals surface area (Å²) in [6.07, 6.45) is 5.85. The van der Waals surface area contributed by atoms with Crippen LogP contribution in [0.4, 0.5) is 10.8 Å². The van der Waals surface area contributed by atoms with Crippen LogP contribution >= 0.6 is 11.3 Å². The summed E-state index contributed by atoms with van der Waals surface area (Å²) in [6.45, 7) is 0. The smallest absolute Gasteiger partial charge is 0.231 e. The van der Waals surface area contributed by atoms with Gasteiger partial charge in [-0.2, -0.15) is 0 Å². The molecule has 8 heteroatoms. The van der Waals surface area contributed by atoms with Gasteiger partial charge in [0.15, 0.2) is 5.13 Å². The van der Waals surface area contributed by atoms with Crippen LogP contribution in [0.15, 0.2) is 29.6 Å². The van der Waals surface area contributed by atoms with E-state index in [1.807, 2.05) is 17.5 Å². The fraction of sp³-hybridized carbons (Fsp3) is 0.474. The molecule has 1 heterocycles. The van der Waals surface area contributed by atoms with Crippen LogP contribution in [-0.2, 0) is 14.8 Å². The molecule has 2 saturated carbocycles. The summed E-state index contributed by atoms with van der Waals surface area (Å²) in [7, 11) is -1.76. The minimum atomic E-state index is -3.28. The lowest BCUT2D eigenvalue weighted by Crippen LogP contribution is -2.27. The number of fused-ring (bicyclic) bond motifs is 2. The van der Waals surface area contributed by atoms with E-state index in [1.165, 1.54) is 48.2 Å². The van der Waals surface area contributed by atoms with E-state index in [0.717, 1.165) is 23.6 Å². The van der Waals surface area contributed by atoms with Gasteiger partial charge in [-0.05, 0) is 43.2 Å². The third-order valence-corrected chi connectivity index (χ3v) is 7.80. The molecule has 1 aromatic heterocycles. The van der Waals surface area contributed by atoms with Crippen molar-refractivity contribution in [3.63, 3.8) is 0 Å². The van der Waals surface area contributed by atoms with Crippen LogP contribution in [0.2, 0.25) is 0 Å². The first-order valence-electron chi connectivity index (χ1n) is 9.12. The first-order valence-corrected chi connectivity index (χ1v) is 11.8. The first kappa shape index (κ1) is 18.4. The van der Waals surface area contributed by atoms with Crippen molar-refractivity contribution in [2.45, 2.75) is 25.7 Å². The maximum absolute atomic E-state index is 12.6. The zero-order valence-electron chi connectivity index (χ0n) is 15.4. The molecule has 2 fully saturated rings. The van der Waals surface area contributed by atoms with Gasteiger partial charge in [0.05, 0.1) is 17.6 Å². The van der Waals surface area contributed by atoms with E-state index < -0.39 is 10.0 Å². The Hall–Kier alpha value is -1.93. The van der Waals surface area contributed by atoms with Crippen molar-refractivity contribution in [3.8, 4) is 11.3 Å². The lowest BCUT2D eigenvalue weighted by Gasteiger charge is -2.19. The monoisotopic (exact) mass is 405 g/mol. The molecule has 0 radical (unpaired) electrons. The fourth-order valence-electron chi connectivity index (χ4n) is 4.26. The summed E-state index contributed by atoms with van der Waals surface area (Å²) in [4.78, 5) is 17.1. The van der Waals surface area contributed by atoms with Crippen LogP contribution in [0.3, 0.4) is 0 Å². The Bertz CT molecular complexity index is 953. The number of hydrogen-bond acceptors (Lipinski definition) is 5. The standard InChI is InChI=1S/C19H23N3O3S2/c1-22(27(2,24)25)15-7-5-13(6-8-15)17-11-26-19(20-17)21-18(23)16-10-12-3-4-14(16)9-12/h5-8,11-12,14,16H,3-4,9-10H2,1-2H3,(H,20,21,23). The summed E-state index contributed by atoms with van der Waals surface area (Å²) in [5.74, 6) is 1.53. The maximum atomic E-state index is 12.6. The number of anilines is 2. The van der Waals surface area contributed by atoms with Crippen LogP contribution in [0.5, 0.6) is 0 Å². The number of aromatic nitrogens is 1. The molecule has 0 aliphatic heterocycles. The van der Waals surface area contributed by atoms with E-state index in [0.29, 0.717) is 16.7 Å². The van der Waals surface area contributed by atoms with E-state index in [1.54, 1.807) is 12.1 Å². The minimum Gasteiger partial charge on any atom is -0.302 e. The van der Waals surface area contributed by atoms with Crippen molar-refractivity contribution in [3.05, 3.63) is 29.6 Å². The van der Waals surface area contributed by atoms with Crippen LogP contribution < -0.4 is 9.62 Å². The highest BCUT2D eigenvalue weighted by atomic mass is 32.2. The van der Waals surface area contributed by atoms with Crippen LogP contribution in [-0.4, -0.2) is 32.6 Å². The average Bonchev–Trinajstić information content (AvgIpc) is 3.37. The maximum Gasteiger partial charge on any atom is 0.231 e. The number of thiazole rings is 1. The highest BCUT2D eigenvalue weighted by Gasteiger charge is 2.43. The number of sulfonamides is 1. The summed E-state index contributed by atoms with van der Waals surface area (Å²) in [6, 6.07) is 7.19. The molecular weight excluding hydrogens is 382 g/mol. The number of nitrogens with zero attached hydrogens (tertiary/aromatic N) is 2. The number of carbonyl (C=O) groups is 1. The van der Waals surface area contributed by atoms with Gasteiger partial charge in [0.1, 0.15) is 0 Å². The molecule has 2 aliphatic rings. The second-order valence-corrected chi connectivity index (χ2v) is 10.5. The molecule has 1 amide bonds. The third kappa shape index (κ3) is 3.73. The largest absolute Gasteiger partial charge is 0.302 e. The Balaban J connectivity index is 1.44. The van der Waals surface area contributed by atoms with Gasteiger partial charge in [0.2, 0.25) is 15.9 Å². The van der Waals surface area contributed by atoms with E-state index in [9.17, 15) is 13.2 Å². The van der Waals surface area contributed by atoms with Gasteiger partial charge < -0.3 is 5.32 Å². The van der Waals surface area contributed by atoms with E-state index in [-0.39, 0.29) is 11.8 Å². The summed E-state index contributed by atoms with van der Waals surface area (Å²) in [5, 5.41) is 5.52. The first-order chi connectivity index (χ1) is 12.8. The van der Waals surface area contributed by atoms with Crippen molar-refractivity contribution >= 4 is 38.1 Å². The summed E-state index contributed by atoms with van der Waals surface area (Å²) < 4.78 is 24.5. The normalized spacial score (nSPS) is 24.1. The molecular formula is C19H23N3O3S2. The van der Waals surface area contributed by atoms with Gasteiger partial charge >= 0.3 is 0 Å². The minimum absolute atomic E-state index is 0.105. The van der Waals surface area contributed by atoms with Crippen molar-refractivity contribution in [1.82, 2.24) is 4.98 Å². The Morgan fingerprint density at radius 1 is 1.22 bits per heavy atom. The van der Waals surface area contributed by atoms with Crippen LogP contribution in [0.25, 0.3) is 11.3 Å². The molecule has 2 bridgehead atoms. The van der Waals surface area contributed by atoms with E-state index >= 15 is 0 Å². The Kier molecular flexibility index (Phi) is 4.71. The van der Waals surface area contributed by atoms with Gasteiger partial charge in [0, 0.05) is 23.9 Å². The van der Waals surface area contributed by atoms with Crippen molar-refractivity contribution < 1.29 is 13.2 Å². The zero-order valence-corrected chi connectivity index (χ0v) is 17.0. The molecule has 144 valence electrons. The highest BCUT2D eigenvalue weighted by Crippen LogP contribution is 2.48. The number of nitrogens with one attached hydrogen (secondary N) is 1. The second-order valence-electron chi connectivity index (χ2n) is 7.59. The lowest BCUT2D eigenvalue weighted by atomic mass is 9.88. The Morgan fingerprint density at radius 3 is 2.56 bits per heavy atom. The molecule has 1 aromatic carbocycles. The third-order valence-electron chi connectivity index (χ3n) is 5.83. The molecule has 3 unspecified atom stereocenters. The average molecular weight is 406 g/mol. The van der Waals surface area contributed by atoms with Gasteiger partial charge in [0.25, 0.3) is 0 Å². The quantitative estimate of drug-likeness (QED) is 0.825. The molecule has 3 atom stereocenters. The number of benzene rings is 1. The zero-order chi connectivity index (χ0) is 19.2. The predicted octanol–water partition coefficient (Wildman–Crippen LogP) is 3.58. The van der Waals surface area contributed by atoms with Gasteiger partial charge in [-0.1, -0.05) is 18.6 Å². The van der Waals surface area contributed by atoms with Gasteiger partial charge in [-0.15, -0.1) is 11.3 Å². The van der Waals surface area contributed by atoms with Crippen molar-refractivity contribution in [2.24, 2.45) is 17.8 Å². The van der Waals surface area contributed by atoms with Gasteiger partial charge in [-0.3, -0.25) is 9.10 Å². The van der Waals surface area contributed by atoms with Crippen LogP contribution in [0, 0.1) is 17.8 Å². The number of hydrogen-bond donors (Lipinski definition) is 1.